The highest BCUT2D eigenvalue weighted by molar-refractivity contribution is 6.14. The van der Waals surface area contributed by atoms with Crippen LogP contribution >= 0.6 is 0 Å². The summed E-state index contributed by atoms with van der Waals surface area (Å²) in [5.74, 6) is -0.537. The Morgan fingerprint density at radius 1 is 0.769 bits per heavy atom. The van der Waals surface area contributed by atoms with Gasteiger partial charge in [-0.15, -0.1) is 0 Å². The van der Waals surface area contributed by atoms with Crippen LogP contribution in [-0.2, 0) is 4.79 Å². The SMILES string of the molecule is O=COc1cccc2cccc(-c3cccc4cccc(C(=O)O)c34)c12. The molecule has 0 unspecified atom stereocenters. The molecule has 0 aromatic heterocycles. The summed E-state index contributed by atoms with van der Waals surface area (Å²) in [6, 6.07) is 22.1. The summed E-state index contributed by atoms with van der Waals surface area (Å²) < 4.78 is 5.17. The average molecular weight is 342 g/mol. The normalized spacial score (nSPS) is 10.8. The molecule has 0 spiro atoms. The molecule has 4 rings (SSSR count). The number of carboxylic acids is 1. The van der Waals surface area contributed by atoms with Gasteiger partial charge in [0.1, 0.15) is 5.75 Å². The molecule has 0 aliphatic heterocycles. The number of rotatable bonds is 4. The summed E-state index contributed by atoms with van der Waals surface area (Å²) in [6.45, 7) is 0.400. The summed E-state index contributed by atoms with van der Waals surface area (Å²) >= 11 is 0. The average Bonchev–Trinajstić information content (AvgIpc) is 2.67. The van der Waals surface area contributed by atoms with E-state index in [1.165, 1.54) is 0 Å². The number of carboxylic acid groups (broad SMARTS) is 1. The fourth-order valence-electron chi connectivity index (χ4n) is 3.42. The molecule has 4 nitrogen and oxygen atoms in total. The first kappa shape index (κ1) is 15.8. The van der Waals surface area contributed by atoms with E-state index in [4.69, 9.17) is 4.74 Å². The van der Waals surface area contributed by atoms with Crippen molar-refractivity contribution in [2.45, 2.75) is 0 Å². The Kier molecular flexibility index (Phi) is 3.86. The molecule has 4 aromatic carbocycles. The lowest BCUT2D eigenvalue weighted by Crippen LogP contribution is -1.99. The molecule has 4 aromatic rings. The number of carbonyl (C=O) groups is 2. The summed E-state index contributed by atoms with van der Waals surface area (Å²) in [5.41, 5.74) is 1.84. The van der Waals surface area contributed by atoms with Crippen molar-refractivity contribution in [2.75, 3.05) is 0 Å². The molecular formula is C22H14O4. The van der Waals surface area contributed by atoms with Gasteiger partial charge in [-0.2, -0.15) is 0 Å². The number of fused-ring (bicyclic) bond motifs is 2. The van der Waals surface area contributed by atoms with Crippen LogP contribution < -0.4 is 4.74 Å². The molecule has 0 fully saturated rings. The fraction of sp³-hybridized carbons (Fsp3) is 0. The molecule has 126 valence electrons. The van der Waals surface area contributed by atoms with E-state index in [1.54, 1.807) is 18.2 Å². The Labute approximate surface area is 149 Å². The van der Waals surface area contributed by atoms with Gasteiger partial charge in [0.25, 0.3) is 6.47 Å². The molecule has 0 saturated carbocycles. The van der Waals surface area contributed by atoms with Crippen molar-refractivity contribution in [1.29, 1.82) is 0 Å². The molecule has 0 amide bonds. The van der Waals surface area contributed by atoms with E-state index in [-0.39, 0.29) is 5.56 Å². The van der Waals surface area contributed by atoms with Gasteiger partial charge >= 0.3 is 5.97 Å². The van der Waals surface area contributed by atoms with Crippen molar-refractivity contribution in [2.24, 2.45) is 0 Å². The number of hydrogen-bond donors (Lipinski definition) is 1. The van der Waals surface area contributed by atoms with Gasteiger partial charge in [0, 0.05) is 10.8 Å². The van der Waals surface area contributed by atoms with Crippen molar-refractivity contribution in [3.8, 4) is 16.9 Å². The molecule has 0 saturated heterocycles. The van der Waals surface area contributed by atoms with E-state index in [1.807, 2.05) is 54.6 Å². The highest BCUT2D eigenvalue weighted by Gasteiger charge is 2.16. The van der Waals surface area contributed by atoms with Gasteiger partial charge in [0.15, 0.2) is 0 Å². The Hall–Kier alpha value is -3.66. The minimum absolute atomic E-state index is 0.240. The van der Waals surface area contributed by atoms with Crippen LogP contribution in [0.25, 0.3) is 32.7 Å². The standard InChI is InChI=1S/C22H14O4/c23-13-26-19-12-4-8-15-7-2-10-17(21(15)19)16-9-1-5-14-6-3-11-18(20(14)16)22(24)25/h1-13H,(H,24,25). The van der Waals surface area contributed by atoms with Crippen LogP contribution in [0.3, 0.4) is 0 Å². The highest BCUT2D eigenvalue weighted by atomic mass is 16.5. The maximum atomic E-state index is 11.8. The first-order chi connectivity index (χ1) is 12.7. The molecule has 4 heteroatoms. The third-order valence-corrected chi connectivity index (χ3v) is 4.47. The molecule has 0 atom stereocenters. The topological polar surface area (TPSA) is 63.6 Å². The van der Waals surface area contributed by atoms with E-state index in [2.05, 4.69) is 0 Å². The number of ether oxygens (including phenoxy) is 1. The van der Waals surface area contributed by atoms with E-state index < -0.39 is 5.97 Å². The van der Waals surface area contributed by atoms with Crippen molar-refractivity contribution < 1.29 is 19.4 Å². The minimum atomic E-state index is -0.979. The van der Waals surface area contributed by atoms with Crippen LogP contribution in [0.5, 0.6) is 5.75 Å². The van der Waals surface area contributed by atoms with Gasteiger partial charge in [0.2, 0.25) is 0 Å². The number of benzene rings is 4. The molecular weight excluding hydrogens is 328 g/mol. The molecule has 0 aliphatic rings. The van der Waals surface area contributed by atoms with Gasteiger partial charge < -0.3 is 9.84 Å². The van der Waals surface area contributed by atoms with Crippen molar-refractivity contribution in [3.05, 3.63) is 78.4 Å². The summed E-state index contributed by atoms with van der Waals surface area (Å²) in [6.07, 6.45) is 0. The first-order valence-electron chi connectivity index (χ1n) is 8.08. The number of hydrogen-bond acceptors (Lipinski definition) is 3. The van der Waals surface area contributed by atoms with Crippen LogP contribution in [0.1, 0.15) is 10.4 Å². The van der Waals surface area contributed by atoms with E-state index >= 15 is 0 Å². The van der Waals surface area contributed by atoms with Crippen LogP contribution in [0, 0.1) is 0 Å². The van der Waals surface area contributed by atoms with Gasteiger partial charge in [0.05, 0.1) is 5.56 Å². The number of aromatic carboxylic acids is 1. The maximum Gasteiger partial charge on any atom is 0.336 e. The lowest BCUT2D eigenvalue weighted by molar-refractivity contribution is -0.120. The smallest absolute Gasteiger partial charge is 0.336 e. The van der Waals surface area contributed by atoms with Crippen molar-refractivity contribution in [1.82, 2.24) is 0 Å². The Morgan fingerprint density at radius 3 is 1.92 bits per heavy atom. The highest BCUT2D eigenvalue weighted by Crippen LogP contribution is 2.39. The molecule has 0 radical (unpaired) electrons. The quantitative estimate of drug-likeness (QED) is 0.536. The third kappa shape index (κ3) is 2.48. The van der Waals surface area contributed by atoms with Crippen LogP contribution in [0.2, 0.25) is 0 Å². The first-order valence-corrected chi connectivity index (χ1v) is 8.08. The van der Waals surface area contributed by atoms with E-state index in [0.717, 1.165) is 27.3 Å². The predicted molar refractivity (Wildman–Crippen MR) is 101 cm³/mol. The zero-order chi connectivity index (χ0) is 18.1. The van der Waals surface area contributed by atoms with Crippen LogP contribution in [0.4, 0.5) is 0 Å². The van der Waals surface area contributed by atoms with Crippen LogP contribution in [-0.4, -0.2) is 17.5 Å². The molecule has 1 N–H and O–H groups in total. The summed E-state index contributed by atoms with van der Waals surface area (Å²) in [5, 5.41) is 12.8. The summed E-state index contributed by atoms with van der Waals surface area (Å²) in [7, 11) is 0. The Bertz CT molecular complexity index is 1150. The lowest BCUT2D eigenvalue weighted by Gasteiger charge is -2.14. The van der Waals surface area contributed by atoms with Gasteiger partial charge in [-0.05, 0) is 34.0 Å². The van der Waals surface area contributed by atoms with E-state index in [9.17, 15) is 14.7 Å². The van der Waals surface area contributed by atoms with E-state index in [0.29, 0.717) is 17.6 Å². The lowest BCUT2D eigenvalue weighted by atomic mass is 9.91. The monoisotopic (exact) mass is 342 g/mol. The number of carbonyl (C=O) groups excluding carboxylic acids is 1. The van der Waals surface area contributed by atoms with Crippen molar-refractivity contribution in [3.63, 3.8) is 0 Å². The molecule has 0 bridgehead atoms. The molecule has 0 heterocycles. The van der Waals surface area contributed by atoms with Gasteiger partial charge in [-0.25, -0.2) is 4.79 Å². The second-order valence-corrected chi connectivity index (χ2v) is 5.89. The molecule has 26 heavy (non-hydrogen) atoms. The zero-order valence-electron chi connectivity index (χ0n) is 13.7. The van der Waals surface area contributed by atoms with Crippen LogP contribution in [0.15, 0.2) is 72.8 Å². The largest absolute Gasteiger partial charge is 0.478 e. The Balaban J connectivity index is 2.15. The fourth-order valence-corrected chi connectivity index (χ4v) is 3.42. The Morgan fingerprint density at radius 2 is 1.31 bits per heavy atom. The summed E-state index contributed by atoms with van der Waals surface area (Å²) in [4.78, 5) is 22.7. The zero-order valence-corrected chi connectivity index (χ0v) is 13.7. The maximum absolute atomic E-state index is 11.8. The van der Waals surface area contributed by atoms with Gasteiger partial charge in [-0.3, -0.25) is 4.79 Å². The van der Waals surface area contributed by atoms with Crippen molar-refractivity contribution >= 4 is 34.0 Å². The predicted octanol–water partition coefficient (Wildman–Crippen LogP) is 4.89. The second kappa shape index (κ2) is 6.33. The molecule has 0 aliphatic carbocycles. The minimum Gasteiger partial charge on any atom is -0.478 e. The van der Waals surface area contributed by atoms with Gasteiger partial charge in [-0.1, -0.05) is 60.7 Å². The third-order valence-electron chi connectivity index (χ3n) is 4.47. The second-order valence-electron chi connectivity index (χ2n) is 5.89.